The first-order valence-electron chi connectivity index (χ1n) is 22.2. The Kier molecular flexibility index (Phi) is 28.0. The predicted molar refractivity (Wildman–Crippen MR) is 211 cm³/mol. The van der Waals surface area contributed by atoms with Gasteiger partial charge in [0.25, 0.3) is 0 Å². The third-order valence-electron chi connectivity index (χ3n) is 11.6. The molecule has 0 amide bonds. The summed E-state index contributed by atoms with van der Waals surface area (Å²) < 4.78 is 26.0. The lowest BCUT2D eigenvalue weighted by molar-refractivity contribution is -0.156. The van der Waals surface area contributed by atoms with Crippen LogP contribution < -0.4 is 0 Å². The highest BCUT2D eigenvalue weighted by Gasteiger charge is 2.41. The summed E-state index contributed by atoms with van der Waals surface area (Å²) in [6.07, 6.45) is 32.7. The SMILES string of the molecule is CCCCCCCCC(CCCCCC)CO[C@@H]1[C@@H](OCC(CCCCCC)CCCCCCCC)CO[C@@H]1COC(=O)C1CCN(C)CC1. The molecule has 2 rings (SSSR count). The van der Waals surface area contributed by atoms with Gasteiger partial charge >= 0.3 is 5.97 Å². The second-order valence-corrected chi connectivity index (χ2v) is 16.3. The van der Waals surface area contributed by atoms with Crippen molar-refractivity contribution in [3.63, 3.8) is 0 Å². The van der Waals surface area contributed by atoms with E-state index in [4.69, 9.17) is 18.9 Å². The Balaban J connectivity index is 2.03. The number of nitrogens with zero attached hydrogens (tertiary/aromatic N) is 1. The number of ether oxygens (including phenoxy) is 4. The summed E-state index contributed by atoms with van der Waals surface area (Å²) in [6, 6.07) is 0. The van der Waals surface area contributed by atoms with Gasteiger partial charge in [0.2, 0.25) is 0 Å². The van der Waals surface area contributed by atoms with E-state index in [0.29, 0.717) is 18.4 Å². The molecular weight excluding hydrogens is 622 g/mol. The van der Waals surface area contributed by atoms with E-state index in [-0.39, 0.29) is 36.8 Å². The average Bonchev–Trinajstić information content (AvgIpc) is 3.52. The van der Waals surface area contributed by atoms with Crippen LogP contribution in [0.2, 0.25) is 0 Å². The van der Waals surface area contributed by atoms with Crippen LogP contribution in [0, 0.1) is 17.8 Å². The van der Waals surface area contributed by atoms with E-state index in [1.54, 1.807) is 0 Å². The van der Waals surface area contributed by atoms with E-state index in [1.165, 1.54) is 154 Å². The van der Waals surface area contributed by atoms with Gasteiger partial charge in [-0.05, 0) is 70.5 Å². The molecule has 6 nitrogen and oxygen atoms in total. The number of rotatable bonds is 33. The van der Waals surface area contributed by atoms with Gasteiger partial charge in [-0.1, -0.05) is 156 Å². The van der Waals surface area contributed by atoms with Crippen molar-refractivity contribution in [2.75, 3.05) is 46.6 Å². The first kappa shape index (κ1) is 45.5. The zero-order valence-electron chi connectivity index (χ0n) is 34.1. The van der Waals surface area contributed by atoms with Gasteiger partial charge in [-0.25, -0.2) is 0 Å². The van der Waals surface area contributed by atoms with Crippen molar-refractivity contribution in [1.29, 1.82) is 0 Å². The zero-order valence-corrected chi connectivity index (χ0v) is 34.1. The Labute approximate surface area is 311 Å². The lowest BCUT2D eigenvalue weighted by atomic mass is 9.94. The quantitative estimate of drug-likeness (QED) is 0.0500. The Bertz CT molecular complexity index is 772. The molecule has 5 atom stereocenters. The molecule has 2 unspecified atom stereocenters. The molecule has 0 spiro atoms. The number of hydrogen-bond acceptors (Lipinski definition) is 6. The van der Waals surface area contributed by atoms with Gasteiger partial charge in [-0.2, -0.15) is 0 Å². The molecule has 0 aromatic rings. The standard InChI is InChI=1S/C44H85NO5/c1-6-10-14-18-20-24-28-38(26-22-16-12-8-3)34-47-41-36-48-42(37-50-44(46)40-30-32-45(5)33-31-40)43(41)49-35-39(27-23-17-13-9-4)29-25-21-19-15-11-7-2/h38-43H,6-37H2,1-5H3/t38?,39?,41-,42+,43+/m0/s1. The van der Waals surface area contributed by atoms with Gasteiger partial charge in [0, 0.05) is 0 Å². The summed E-state index contributed by atoms with van der Waals surface area (Å²) in [5.41, 5.74) is 0. The molecule has 2 aliphatic heterocycles. The van der Waals surface area contributed by atoms with Gasteiger partial charge in [0.15, 0.2) is 0 Å². The van der Waals surface area contributed by atoms with E-state index in [1.807, 2.05) is 0 Å². The smallest absolute Gasteiger partial charge is 0.309 e. The third kappa shape index (κ3) is 21.1. The zero-order chi connectivity index (χ0) is 36.1. The van der Waals surface area contributed by atoms with Crippen molar-refractivity contribution in [3.05, 3.63) is 0 Å². The predicted octanol–water partition coefficient (Wildman–Crippen LogP) is 11.7. The van der Waals surface area contributed by atoms with Crippen LogP contribution >= 0.6 is 0 Å². The van der Waals surface area contributed by atoms with Crippen LogP contribution in [0.15, 0.2) is 0 Å². The van der Waals surface area contributed by atoms with Crippen LogP contribution in [0.5, 0.6) is 0 Å². The highest BCUT2D eigenvalue weighted by atomic mass is 16.6. The van der Waals surface area contributed by atoms with Crippen LogP contribution in [0.1, 0.15) is 195 Å². The number of carbonyl (C=O) groups excluding carboxylic acids is 1. The summed E-state index contributed by atoms with van der Waals surface area (Å²) in [7, 11) is 2.13. The molecule has 2 heterocycles. The minimum Gasteiger partial charge on any atom is -0.463 e. The maximum atomic E-state index is 13.1. The Morgan fingerprint density at radius 1 is 0.620 bits per heavy atom. The molecule has 296 valence electrons. The number of likely N-dealkylation sites (tertiary alicyclic amines) is 1. The van der Waals surface area contributed by atoms with E-state index in [2.05, 4.69) is 39.6 Å². The average molecular weight is 708 g/mol. The molecule has 0 aliphatic carbocycles. The van der Waals surface area contributed by atoms with Crippen LogP contribution in [0.4, 0.5) is 0 Å². The summed E-state index contributed by atoms with van der Waals surface area (Å²) in [6.45, 7) is 13.4. The number of hydrogen-bond donors (Lipinski definition) is 0. The fourth-order valence-corrected chi connectivity index (χ4v) is 7.95. The lowest BCUT2D eigenvalue weighted by Crippen LogP contribution is -2.40. The maximum Gasteiger partial charge on any atom is 0.309 e. The van der Waals surface area contributed by atoms with Gasteiger partial charge in [-0.15, -0.1) is 0 Å². The number of carbonyl (C=O) groups is 1. The molecule has 2 fully saturated rings. The topological polar surface area (TPSA) is 57.2 Å². The molecule has 0 aromatic heterocycles. The Hall–Kier alpha value is -0.690. The molecule has 50 heavy (non-hydrogen) atoms. The van der Waals surface area contributed by atoms with Gasteiger partial charge < -0.3 is 23.8 Å². The first-order valence-corrected chi connectivity index (χ1v) is 22.2. The van der Waals surface area contributed by atoms with Crippen molar-refractivity contribution < 1.29 is 23.7 Å². The maximum absolute atomic E-state index is 13.1. The second-order valence-electron chi connectivity index (χ2n) is 16.3. The minimum absolute atomic E-state index is 0.000662. The minimum atomic E-state index is -0.258. The van der Waals surface area contributed by atoms with Crippen LogP contribution in [0.3, 0.4) is 0 Å². The van der Waals surface area contributed by atoms with E-state index in [0.717, 1.165) is 39.1 Å². The van der Waals surface area contributed by atoms with Crippen LogP contribution in [-0.2, 0) is 23.7 Å². The third-order valence-corrected chi connectivity index (χ3v) is 11.6. The van der Waals surface area contributed by atoms with E-state index < -0.39 is 0 Å². The molecule has 0 N–H and O–H groups in total. The monoisotopic (exact) mass is 708 g/mol. The molecule has 0 saturated carbocycles. The molecule has 0 aromatic carbocycles. The normalized spacial score (nSPS) is 21.5. The lowest BCUT2D eigenvalue weighted by Gasteiger charge is -2.29. The van der Waals surface area contributed by atoms with Gasteiger partial charge in [-0.3, -0.25) is 4.79 Å². The fraction of sp³-hybridized carbons (Fsp3) is 0.977. The van der Waals surface area contributed by atoms with Crippen LogP contribution in [-0.4, -0.2) is 75.7 Å². The molecule has 0 bridgehead atoms. The summed E-state index contributed by atoms with van der Waals surface area (Å²) in [5, 5.41) is 0. The molecule has 6 heteroatoms. The van der Waals surface area contributed by atoms with Gasteiger partial charge in [0.1, 0.15) is 24.9 Å². The molecule has 2 saturated heterocycles. The summed E-state index contributed by atoms with van der Waals surface area (Å²) in [5.74, 6) is 1.10. The summed E-state index contributed by atoms with van der Waals surface area (Å²) >= 11 is 0. The largest absolute Gasteiger partial charge is 0.463 e. The van der Waals surface area contributed by atoms with E-state index >= 15 is 0 Å². The van der Waals surface area contributed by atoms with Crippen molar-refractivity contribution in [2.45, 2.75) is 213 Å². The molecular formula is C44H85NO5. The highest BCUT2D eigenvalue weighted by molar-refractivity contribution is 5.72. The summed E-state index contributed by atoms with van der Waals surface area (Å²) in [4.78, 5) is 15.4. The number of esters is 1. The van der Waals surface area contributed by atoms with Crippen molar-refractivity contribution in [2.24, 2.45) is 17.8 Å². The first-order chi connectivity index (χ1) is 24.5. The van der Waals surface area contributed by atoms with Crippen LogP contribution in [0.25, 0.3) is 0 Å². The van der Waals surface area contributed by atoms with Crippen molar-refractivity contribution >= 4 is 5.97 Å². The molecule has 0 radical (unpaired) electrons. The number of unbranched alkanes of at least 4 members (excludes halogenated alkanes) is 16. The fourth-order valence-electron chi connectivity index (χ4n) is 7.95. The van der Waals surface area contributed by atoms with E-state index in [9.17, 15) is 4.79 Å². The van der Waals surface area contributed by atoms with Crippen molar-refractivity contribution in [1.82, 2.24) is 4.90 Å². The van der Waals surface area contributed by atoms with Crippen molar-refractivity contribution in [3.8, 4) is 0 Å². The van der Waals surface area contributed by atoms with Gasteiger partial charge in [0.05, 0.1) is 25.7 Å². The Morgan fingerprint density at radius 2 is 1.04 bits per heavy atom. The molecule has 2 aliphatic rings. The Morgan fingerprint density at radius 3 is 1.52 bits per heavy atom. The second kappa shape index (κ2) is 30.7. The highest BCUT2D eigenvalue weighted by Crippen LogP contribution is 2.28. The number of piperidine rings is 1.